The van der Waals surface area contributed by atoms with Crippen LogP contribution in [0.5, 0.6) is 5.75 Å². The fourth-order valence-corrected chi connectivity index (χ4v) is 2.78. The third kappa shape index (κ3) is 8.33. The van der Waals surface area contributed by atoms with Gasteiger partial charge >= 0.3 is 6.18 Å². The molecule has 0 unspecified atom stereocenters. The van der Waals surface area contributed by atoms with Crippen molar-refractivity contribution in [3.8, 4) is 5.75 Å². The first kappa shape index (κ1) is 23.5. The van der Waals surface area contributed by atoms with Crippen LogP contribution in [0, 0.1) is 6.92 Å². The van der Waals surface area contributed by atoms with Gasteiger partial charge in [0, 0.05) is 25.4 Å². The molecule has 1 aromatic carbocycles. The van der Waals surface area contributed by atoms with Crippen LogP contribution in [-0.2, 0) is 12.6 Å². The average molecular weight is 514 g/mol. The Morgan fingerprint density at radius 2 is 1.85 bits per heavy atom. The number of nitrogens with one attached hydrogen (secondary N) is 2. The summed E-state index contributed by atoms with van der Waals surface area (Å²) in [6.07, 6.45) is -3.54. The monoisotopic (exact) mass is 514 g/mol. The van der Waals surface area contributed by atoms with Crippen LogP contribution in [0.3, 0.4) is 0 Å². The Balaban J connectivity index is 0.00000364. The second-order valence-corrected chi connectivity index (χ2v) is 6.47. The van der Waals surface area contributed by atoms with Gasteiger partial charge in [0.1, 0.15) is 12.4 Å². The number of aromatic nitrogens is 1. The van der Waals surface area contributed by atoms with Gasteiger partial charge < -0.3 is 15.4 Å². The van der Waals surface area contributed by atoms with E-state index in [1.807, 2.05) is 12.3 Å². The lowest BCUT2D eigenvalue weighted by Gasteiger charge is -2.12. The maximum absolute atomic E-state index is 12.5. The molecular weight excluding hydrogens is 492 g/mol. The van der Waals surface area contributed by atoms with Crippen LogP contribution < -0.4 is 15.4 Å². The standard InChI is InChI=1S/C17H21F3N4OS.HI/c1-12-24-14(11-26-12)7-8-22-16(21-2)23-9-10-25-15-5-3-13(4-6-15)17(18,19)20;/h3-6,11H,7-10H2,1-2H3,(H2,21,22,23);1H. The highest BCUT2D eigenvalue weighted by Gasteiger charge is 2.29. The summed E-state index contributed by atoms with van der Waals surface area (Å²) in [4.78, 5) is 8.50. The molecule has 10 heteroatoms. The SMILES string of the molecule is CN=C(NCCOc1ccc(C(F)(F)F)cc1)NCCc1csc(C)n1.I. The van der Waals surface area contributed by atoms with Crippen molar-refractivity contribution in [1.82, 2.24) is 15.6 Å². The molecule has 0 radical (unpaired) electrons. The zero-order valence-electron chi connectivity index (χ0n) is 15.0. The topological polar surface area (TPSA) is 58.5 Å². The average Bonchev–Trinajstić information content (AvgIpc) is 3.02. The largest absolute Gasteiger partial charge is 0.492 e. The quantitative estimate of drug-likeness (QED) is 0.255. The fraction of sp³-hybridized carbons (Fsp3) is 0.412. The number of ether oxygens (including phenoxy) is 1. The molecule has 27 heavy (non-hydrogen) atoms. The van der Waals surface area contributed by atoms with E-state index in [9.17, 15) is 13.2 Å². The van der Waals surface area contributed by atoms with Crippen molar-refractivity contribution in [2.45, 2.75) is 19.5 Å². The summed E-state index contributed by atoms with van der Waals surface area (Å²) in [7, 11) is 1.67. The molecule has 0 amide bonds. The first-order valence-corrected chi connectivity index (χ1v) is 8.92. The number of halogens is 4. The maximum Gasteiger partial charge on any atom is 0.416 e. The van der Waals surface area contributed by atoms with Crippen LogP contribution in [0.4, 0.5) is 13.2 Å². The molecular formula is C17H22F3IN4OS. The van der Waals surface area contributed by atoms with Gasteiger partial charge in [-0.05, 0) is 31.2 Å². The van der Waals surface area contributed by atoms with Crippen molar-refractivity contribution in [2.75, 3.05) is 26.7 Å². The predicted octanol–water partition coefficient (Wildman–Crippen LogP) is 3.87. The van der Waals surface area contributed by atoms with E-state index in [2.05, 4.69) is 20.6 Å². The summed E-state index contributed by atoms with van der Waals surface area (Å²) in [5, 5.41) is 9.33. The lowest BCUT2D eigenvalue weighted by molar-refractivity contribution is -0.137. The van der Waals surface area contributed by atoms with E-state index in [0.717, 1.165) is 29.3 Å². The minimum atomic E-state index is -4.34. The van der Waals surface area contributed by atoms with E-state index in [1.165, 1.54) is 12.1 Å². The smallest absolute Gasteiger partial charge is 0.416 e. The Kier molecular flexibility index (Phi) is 9.84. The predicted molar refractivity (Wildman–Crippen MR) is 112 cm³/mol. The van der Waals surface area contributed by atoms with Crippen molar-refractivity contribution in [3.63, 3.8) is 0 Å². The van der Waals surface area contributed by atoms with E-state index in [-0.39, 0.29) is 24.0 Å². The molecule has 0 atom stereocenters. The Bertz CT molecular complexity index is 720. The van der Waals surface area contributed by atoms with Gasteiger partial charge in [-0.3, -0.25) is 4.99 Å². The zero-order valence-corrected chi connectivity index (χ0v) is 18.1. The van der Waals surface area contributed by atoms with Crippen molar-refractivity contribution in [2.24, 2.45) is 4.99 Å². The number of benzene rings is 1. The number of aryl methyl sites for hydroxylation is 1. The molecule has 1 heterocycles. The third-order valence-electron chi connectivity index (χ3n) is 3.41. The summed E-state index contributed by atoms with van der Waals surface area (Å²) in [5.74, 6) is 1.02. The molecule has 0 aliphatic carbocycles. The molecule has 0 bridgehead atoms. The molecule has 2 rings (SSSR count). The fourth-order valence-electron chi connectivity index (χ4n) is 2.13. The molecule has 2 N–H and O–H groups in total. The molecule has 0 fully saturated rings. The van der Waals surface area contributed by atoms with E-state index in [4.69, 9.17) is 4.74 Å². The molecule has 0 saturated carbocycles. The molecule has 0 aliphatic heterocycles. The number of aliphatic imine (C=N–C) groups is 1. The number of hydrogen-bond acceptors (Lipinski definition) is 4. The molecule has 150 valence electrons. The van der Waals surface area contributed by atoms with Crippen LogP contribution in [-0.4, -0.2) is 37.7 Å². The Morgan fingerprint density at radius 1 is 1.19 bits per heavy atom. The van der Waals surface area contributed by atoms with E-state index in [1.54, 1.807) is 18.4 Å². The number of thiazole rings is 1. The zero-order chi connectivity index (χ0) is 19.0. The summed E-state index contributed by atoms with van der Waals surface area (Å²) in [6, 6.07) is 4.63. The van der Waals surface area contributed by atoms with Gasteiger partial charge in [-0.25, -0.2) is 4.98 Å². The second-order valence-electron chi connectivity index (χ2n) is 5.40. The normalized spacial score (nSPS) is 11.7. The molecule has 0 spiro atoms. The summed E-state index contributed by atoms with van der Waals surface area (Å²) in [5.41, 5.74) is 0.351. The van der Waals surface area contributed by atoms with Crippen LogP contribution in [0.15, 0.2) is 34.6 Å². The lowest BCUT2D eigenvalue weighted by atomic mass is 10.2. The molecule has 1 aromatic heterocycles. The van der Waals surface area contributed by atoms with Crippen molar-refractivity contribution < 1.29 is 17.9 Å². The van der Waals surface area contributed by atoms with Gasteiger partial charge in [0.25, 0.3) is 0 Å². The van der Waals surface area contributed by atoms with Gasteiger partial charge in [0.2, 0.25) is 0 Å². The van der Waals surface area contributed by atoms with Gasteiger partial charge in [-0.15, -0.1) is 35.3 Å². The molecule has 5 nitrogen and oxygen atoms in total. The van der Waals surface area contributed by atoms with Crippen molar-refractivity contribution in [1.29, 1.82) is 0 Å². The van der Waals surface area contributed by atoms with Gasteiger partial charge in [0.05, 0.1) is 22.8 Å². The van der Waals surface area contributed by atoms with Crippen LogP contribution in [0.25, 0.3) is 0 Å². The number of hydrogen-bond donors (Lipinski definition) is 2. The highest BCUT2D eigenvalue weighted by molar-refractivity contribution is 14.0. The number of rotatable bonds is 7. The summed E-state index contributed by atoms with van der Waals surface area (Å²) >= 11 is 1.62. The first-order valence-electron chi connectivity index (χ1n) is 8.04. The highest BCUT2D eigenvalue weighted by atomic mass is 127. The van der Waals surface area contributed by atoms with Crippen LogP contribution in [0.2, 0.25) is 0 Å². The minimum absolute atomic E-state index is 0. The number of alkyl halides is 3. The van der Waals surface area contributed by atoms with Crippen molar-refractivity contribution >= 4 is 41.3 Å². The van der Waals surface area contributed by atoms with Crippen molar-refractivity contribution in [3.05, 3.63) is 45.9 Å². The van der Waals surface area contributed by atoms with E-state index >= 15 is 0 Å². The Hall–Kier alpha value is -1.56. The summed E-state index contributed by atoms with van der Waals surface area (Å²) < 4.78 is 42.9. The maximum atomic E-state index is 12.5. The Labute approximate surface area is 177 Å². The molecule has 2 aromatic rings. The van der Waals surface area contributed by atoms with Crippen LogP contribution >= 0.6 is 35.3 Å². The molecule has 0 aliphatic rings. The lowest BCUT2D eigenvalue weighted by Crippen LogP contribution is -2.40. The van der Waals surface area contributed by atoms with Gasteiger partial charge in [0.15, 0.2) is 5.96 Å². The Morgan fingerprint density at radius 3 is 2.41 bits per heavy atom. The van der Waals surface area contributed by atoms with Gasteiger partial charge in [-0.1, -0.05) is 0 Å². The minimum Gasteiger partial charge on any atom is -0.492 e. The number of nitrogens with zero attached hydrogens (tertiary/aromatic N) is 2. The van der Waals surface area contributed by atoms with E-state index in [0.29, 0.717) is 31.4 Å². The third-order valence-corrected chi connectivity index (χ3v) is 4.23. The second kappa shape index (κ2) is 11.3. The summed E-state index contributed by atoms with van der Waals surface area (Å²) in [6.45, 7) is 3.44. The highest BCUT2D eigenvalue weighted by Crippen LogP contribution is 2.30. The van der Waals surface area contributed by atoms with Crippen LogP contribution in [0.1, 0.15) is 16.3 Å². The van der Waals surface area contributed by atoms with E-state index < -0.39 is 11.7 Å². The molecule has 0 saturated heterocycles. The number of guanidine groups is 1. The van der Waals surface area contributed by atoms with Gasteiger partial charge in [-0.2, -0.15) is 13.2 Å². The first-order chi connectivity index (χ1) is 12.4.